The maximum atomic E-state index is 13.9. The van der Waals surface area contributed by atoms with Crippen molar-refractivity contribution >= 4 is 16.8 Å². The lowest BCUT2D eigenvalue weighted by Gasteiger charge is -2.13. The Morgan fingerprint density at radius 2 is 2.14 bits per heavy atom. The first-order chi connectivity index (χ1) is 13.5. The third kappa shape index (κ3) is 2.94. The van der Waals surface area contributed by atoms with Gasteiger partial charge in [0.15, 0.2) is 0 Å². The summed E-state index contributed by atoms with van der Waals surface area (Å²) in [6, 6.07) is 2.98. The summed E-state index contributed by atoms with van der Waals surface area (Å²) < 4.78 is 28.8. The second-order valence-corrected chi connectivity index (χ2v) is 7.25. The van der Waals surface area contributed by atoms with Gasteiger partial charge in [0, 0.05) is 11.5 Å². The van der Waals surface area contributed by atoms with Crippen molar-refractivity contribution in [3.8, 4) is 0 Å². The summed E-state index contributed by atoms with van der Waals surface area (Å²) in [5.41, 5.74) is 0.815. The molecule has 2 N–H and O–H groups in total. The number of aromatic amines is 1. The molecule has 1 aliphatic heterocycles. The average Bonchev–Trinajstić information content (AvgIpc) is 3.09. The third-order valence-electron chi connectivity index (χ3n) is 5.18. The van der Waals surface area contributed by atoms with Gasteiger partial charge in [-0.25, -0.2) is 18.5 Å². The molecule has 2 aliphatic rings. The molecule has 1 amide bonds. The number of amides is 1. The second-order valence-electron chi connectivity index (χ2n) is 7.25. The molecule has 5 rings (SSSR count). The maximum absolute atomic E-state index is 13.9. The summed E-state index contributed by atoms with van der Waals surface area (Å²) in [6.45, 7) is 0.421. The number of halogens is 2. The van der Waals surface area contributed by atoms with Crippen molar-refractivity contribution in [2.24, 2.45) is 5.92 Å². The van der Waals surface area contributed by atoms with Gasteiger partial charge in [0.1, 0.15) is 29.1 Å². The number of aromatic nitrogens is 4. The standard InChI is InChI=1S/C18H17F2N5O3/c19-10-3-13(20)12-5-15(21-14(12)4-10)18(27)25-6-11(8-28-25)24-7-16(22-23-24)17(26)9-1-2-9/h3-5,7,9,11,17,21,26H,1-2,6,8H2/t11-,17?/m1/s1. The smallest absolute Gasteiger partial charge is 0.293 e. The molecule has 8 nitrogen and oxygen atoms in total. The van der Waals surface area contributed by atoms with Crippen LogP contribution in [-0.2, 0) is 4.84 Å². The SMILES string of the molecule is O=C(c1cc2c(F)cc(F)cc2[nH]1)N1C[C@@H](n2cc(C(O)C3CC3)nn2)CO1. The van der Waals surface area contributed by atoms with E-state index in [1.807, 2.05) is 0 Å². The Morgan fingerprint density at radius 1 is 1.32 bits per heavy atom. The Balaban J connectivity index is 1.31. The van der Waals surface area contributed by atoms with Crippen LogP contribution in [0.2, 0.25) is 0 Å². The first-order valence-corrected chi connectivity index (χ1v) is 9.02. The Morgan fingerprint density at radius 3 is 2.93 bits per heavy atom. The largest absolute Gasteiger partial charge is 0.386 e. The van der Waals surface area contributed by atoms with E-state index >= 15 is 0 Å². The summed E-state index contributed by atoms with van der Waals surface area (Å²) in [5.74, 6) is -1.71. The Labute approximate surface area is 157 Å². The van der Waals surface area contributed by atoms with Crippen molar-refractivity contribution in [1.29, 1.82) is 0 Å². The van der Waals surface area contributed by atoms with Gasteiger partial charge in [-0.05, 0) is 30.9 Å². The minimum Gasteiger partial charge on any atom is -0.386 e. The Bertz CT molecular complexity index is 1060. The highest BCUT2D eigenvalue weighted by atomic mass is 19.1. The molecule has 2 atom stereocenters. The molecule has 146 valence electrons. The van der Waals surface area contributed by atoms with Crippen LogP contribution < -0.4 is 0 Å². The van der Waals surface area contributed by atoms with E-state index in [1.54, 1.807) is 10.9 Å². The Hall–Kier alpha value is -2.85. The van der Waals surface area contributed by atoms with E-state index in [0.29, 0.717) is 5.69 Å². The molecule has 0 spiro atoms. The molecular formula is C18H17F2N5O3. The number of hydroxylamine groups is 2. The van der Waals surface area contributed by atoms with Crippen LogP contribution in [0.5, 0.6) is 0 Å². The summed E-state index contributed by atoms with van der Waals surface area (Å²) in [4.78, 5) is 20.9. The summed E-state index contributed by atoms with van der Waals surface area (Å²) in [5, 5.41) is 19.5. The number of carbonyl (C=O) groups excluding carboxylic acids is 1. The monoisotopic (exact) mass is 389 g/mol. The van der Waals surface area contributed by atoms with Gasteiger partial charge >= 0.3 is 0 Å². The number of rotatable bonds is 4. The van der Waals surface area contributed by atoms with Crippen molar-refractivity contribution in [1.82, 2.24) is 25.0 Å². The normalized spacial score (nSPS) is 20.8. The van der Waals surface area contributed by atoms with Gasteiger partial charge in [-0.2, -0.15) is 0 Å². The van der Waals surface area contributed by atoms with Crippen molar-refractivity contribution in [3.63, 3.8) is 0 Å². The van der Waals surface area contributed by atoms with E-state index in [1.165, 1.54) is 6.07 Å². The van der Waals surface area contributed by atoms with Crippen molar-refractivity contribution < 1.29 is 23.5 Å². The number of fused-ring (bicyclic) bond motifs is 1. The highest BCUT2D eigenvalue weighted by Crippen LogP contribution is 2.40. The van der Waals surface area contributed by atoms with E-state index < -0.39 is 23.6 Å². The van der Waals surface area contributed by atoms with Crippen LogP contribution in [0.15, 0.2) is 24.4 Å². The number of benzene rings is 1. The zero-order valence-corrected chi connectivity index (χ0v) is 14.7. The number of aliphatic hydroxyl groups excluding tert-OH is 1. The first-order valence-electron chi connectivity index (χ1n) is 9.02. The van der Waals surface area contributed by atoms with E-state index in [0.717, 1.165) is 30.0 Å². The molecule has 1 unspecified atom stereocenters. The van der Waals surface area contributed by atoms with Gasteiger partial charge in [-0.3, -0.25) is 9.63 Å². The zero-order valence-electron chi connectivity index (χ0n) is 14.7. The zero-order chi connectivity index (χ0) is 19.4. The van der Waals surface area contributed by atoms with Gasteiger partial charge < -0.3 is 10.1 Å². The van der Waals surface area contributed by atoms with E-state index in [4.69, 9.17) is 4.84 Å². The number of hydrogen-bond acceptors (Lipinski definition) is 5. The molecule has 28 heavy (non-hydrogen) atoms. The van der Waals surface area contributed by atoms with Crippen LogP contribution in [0.3, 0.4) is 0 Å². The molecule has 3 aromatic rings. The minimum absolute atomic E-state index is 0.101. The van der Waals surface area contributed by atoms with Crippen LogP contribution in [0.4, 0.5) is 8.78 Å². The lowest BCUT2D eigenvalue weighted by molar-refractivity contribution is -0.0775. The highest BCUT2D eigenvalue weighted by molar-refractivity contribution is 5.97. The van der Waals surface area contributed by atoms with Crippen LogP contribution in [-0.4, -0.2) is 49.2 Å². The molecule has 0 radical (unpaired) electrons. The number of nitrogens with one attached hydrogen (secondary N) is 1. The Kier molecular flexibility index (Phi) is 3.91. The minimum atomic E-state index is -0.741. The fraction of sp³-hybridized carbons (Fsp3) is 0.389. The van der Waals surface area contributed by atoms with Crippen LogP contribution >= 0.6 is 0 Å². The number of aliphatic hydroxyl groups is 1. The van der Waals surface area contributed by atoms with E-state index in [-0.39, 0.29) is 41.7 Å². The van der Waals surface area contributed by atoms with Crippen molar-refractivity contribution in [3.05, 3.63) is 47.4 Å². The van der Waals surface area contributed by atoms with Crippen LogP contribution in [0, 0.1) is 17.6 Å². The molecular weight excluding hydrogens is 372 g/mol. The number of hydrogen-bond donors (Lipinski definition) is 2. The van der Waals surface area contributed by atoms with E-state index in [2.05, 4.69) is 15.3 Å². The molecule has 1 saturated heterocycles. The fourth-order valence-corrected chi connectivity index (χ4v) is 3.44. The molecule has 1 aliphatic carbocycles. The number of H-pyrrole nitrogens is 1. The lowest BCUT2D eigenvalue weighted by Crippen LogP contribution is -2.28. The maximum Gasteiger partial charge on any atom is 0.293 e. The molecule has 2 aromatic heterocycles. The number of nitrogens with zero attached hydrogens (tertiary/aromatic N) is 4. The molecule has 1 aromatic carbocycles. The van der Waals surface area contributed by atoms with Crippen molar-refractivity contribution in [2.45, 2.75) is 25.0 Å². The lowest BCUT2D eigenvalue weighted by atomic mass is 10.2. The summed E-state index contributed by atoms with van der Waals surface area (Å²) >= 11 is 0. The number of carbonyl (C=O) groups is 1. The average molecular weight is 389 g/mol. The molecule has 1 saturated carbocycles. The van der Waals surface area contributed by atoms with Gasteiger partial charge in [-0.1, -0.05) is 5.21 Å². The molecule has 10 heteroatoms. The summed E-state index contributed by atoms with van der Waals surface area (Å²) in [7, 11) is 0. The summed E-state index contributed by atoms with van der Waals surface area (Å²) in [6.07, 6.45) is 3.03. The van der Waals surface area contributed by atoms with Crippen LogP contribution in [0.25, 0.3) is 10.9 Å². The van der Waals surface area contributed by atoms with Gasteiger partial charge in [0.05, 0.1) is 30.9 Å². The predicted molar refractivity (Wildman–Crippen MR) is 91.9 cm³/mol. The highest BCUT2D eigenvalue weighted by Gasteiger charge is 2.35. The topological polar surface area (TPSA) is 96.3 Å². The molecule has 3 heterocycles. The van der Waals surface area contributed by atoms with Crippen molar-refractivity contribution in [2.75, 3.05) is 13.2 Å². The quantitative estimate of drug-likeness (QED) is 0.713. The van der Waals surface area contributed by atoms with Gasteiger partial charge in [-0.15, -0.1) is 5.10 Å². The van der Waals surface area contributed by atoms with Crippen LogP contribution in [0.1, 0.15) is 41.2 Å². The van der Waals surface area contributed by atoms with Gasteiger partial charge in [0.25, 0.3) is 5.91 Å². The third-order valence-corrected chi connectivity index (χ3v) is 5.18. The predicted octanol–water partition coefficient (Wildman–Crippen LogP) is 2.11. The molecule has 0 bridgehead atoms. The molecule has 2 fully saturated rings. The van der Waals surface area contributed by atoms with E-state index in [9.17, 15) is 18.7 Å². The first kappa shape index (κ1) is 17.3. The van der Waals surface area contributed by atoms with Gasteiger partial charge in [0.2, 0.25) is 0 Å². The fourth-order valence-electron chi connectivity index (χ4n) is 3.44. The second kappa shape index (κ2) is 6.35.